The van der Waals surface area contributed by atoms with Crippen LogP contribution in [0.2, 0.25) is 0 Å². The first-order valence-corrected chi connectivity index (χ1v) is 6.48. The van der Waals surface area contributed by atoms with Gasteiger partial charge in [-0.1, -0.05) is 25.7 Å². The lowest BCUT2D eigenvalue weighted by atomic mass is 9.68. The maximum Gasteiger partial charge on any atom is 0.0494 e. The average Bonchev–Trinajstić information content (AvgIpc) is 2.26. The van der Waals surface area contributed by atoms with Crippen LogP contribution in [0.15, 0.2) is 0 Å². The van der Waals surface area contributed by atoms with E-state index in [2.05, 4.69) is 6.92 Å². The van der Waals surface area contributed by atoms with Crippen molar-refractivity contribution in [2.75, 3.05) is 13.2 Å². The first kappa shape index (κ1) is 10.5. The van der Waals surface area contributed by atoms with E-state index < -0.39 is 0 Å². The van der Waals surface area contributed by atoms with E-state index in [4.69, 9.17) is 4.74 Å². The molecule has 2 rings (SSSR count). The normalized spacial score (nSPS) is 37.9. The first-order chi connectivity index (χ1) is 6.90. The summed E-state index contributed by atoms with van der Waals surface area (Å²) in [4.78, 5) is 0. The quantitative estimate of drug-likeness (QED) is 0.669. The molecule has 0 aliphatic heterocycles. The van der Waals surface area contributed by atoms with Crippen LogP contribution in [-0.4, -0.2) is 13.2 Å². The predicted molar refractivity (Wildman–Crippen MR) is 59.3 cm³/mol. The molecule has 0 spiro atoms. The molecule has 0 N–H and O–H groups in total. The molecule has 0 bridgehead atoms. The largest absolute Gasteiger partial charge is 0.381 e. The molecule has 0 aromatic rings. The van der Waals surface area contributed by atoms with Gasteiger partial charge in [0.15, 0.2) is 0 Å². The molecule has 0 amide bonds. The standard InChI is InChI=1S/C13H24O/c1-2-14-10-11-7-8-12-5-3-4-6-13(12)9-11/h11-13H,2-10H2,1H3. The fourth-order valence-corrected chi connectivity index (χ4v) is 3.41. The summed E-state index contributed by atoms with van der Waals surface area (Å²) in [7, 11) is 0. The Morgan fingerprint density at radius 1 is 1.00 bits per heavy atom. The van der Waals surface area contributed by atoms with Crippen molar-refractivity contribution < 1.29 is 4.74 Å². The Morgan fingerprint density at radius 2 is 1.79 bits per heavy atom. The van der Waals surface area contributed by atoms with Gasteiger partial charge in [-0.25, -0.2) is 0 Å². The Morgan fingerprint density at radius 3 is 2.57 bits per heavy atom. The summed E-state index contributed by atoms with van der Waals surface area (Å²) in [5.74, 6) is 3.03. The van der Waals surface area contributed by atoms with E-state index >= 15 is 0 Å². The second-order valence-corrected chi connectivity index (χ2v) is 5.14. The third kappa shape index (κ3) is 2.50. The number of rotatable bonds is 3. The monoisotopic (exact) mass is 196 g/mol. The SMILES string of the molecule is CCOCC1CCC2CCCCC2C1. The highest BCUT2D eigenvalue weighted by atomic mass is 16.5. The fraction of sp³-hybridized carbons (Fsp3) is 1.00. The highest BCUT2D eigenvalue weighted by Gasteiger charge is 2.31. The molecule has 2 fully saturated rings. The lowest BCUT2D eigenvalue weighted by molar-refractivity contribution is 0.0528. The summed E-state index contributed by atoms with van der Waals surface area (Å²) in [6.45, 7) is 4.02. The maximum absolute atomic E-state index is 5.55. The lowest BCUT2D eigenvalue weighted by Crippen LogP contribution is -2.29. The lowest BCUT2D eigenvalue weighted by Gasteiger charge is -2.39. The molecule has 0 aromatic carbocycles. The van der Waals surface area contributed by atoms with Gasteiger partial charge in [-0.05, 0) is 43.9 Å². The van der Waals surface area contributed by atoms with Crippen LogP contribution in [0.25, 0.3) is 0 Å². The van der Waals surface area contributed by atoms with Gasteiger partial charge in [0.2, 0.25) is 0 Å². The molecule has 2 aliphatic rings. The Kier molecular flexibility index (Phi) is 3.86. The topological polar surface area (TPSA) is 9.23 Å². The summed E-state index contributed by atoms with van der Waals surface area (Å²) >= 11 is 0. The van der Waals surface area contributed by atoms with Gasteiger partial charge in [0, 0.05) is 13.2 Å². The van der Waals surface area contributed by atoms with Gasteiger partial charge in [0.05, 0.1) is 0 Å². The molecule has 0 aromatic heterocycles. The summed E-state index contributed by atoms with van der Waals surface area (Å²) in [6, 6.07) is 0. The smallest absolute Gasteiger partial charge is 0.0494 e. The minimum Gasteiger partial charge on any atom is -0.381 e. The molecule has 1 nitrogen and oxygen atoms in total. The summed E-state index contributed by atoms with van der Waals surface area (Å²) < 4.78 is 5.55. The zero-order chi connectivity index (χ0) is 9.80. The van der Waals surface area contributed by atoms with E-state index in [1.165, 1.54) is 44.9 Å². The van der Waals surface area contributed by atoms with E-state index in [0.717, 1.165) is 31.0 Å². The minimum absolute atomic E-state index is 0.884. The van der Waals surface area contributed by atoms with E-state index in [1.807, 2.05) is 0 Å². The molecular formula is C13H24O. The third-order valence-corrected chi connectivity index (χ3v) is 4.21. The molecule has 0 heterocycles. The van der Waals surface area contributed by atoms with Gasteiger partial charge in [0.25, 0.3) is 0 Å². The molecule has 2 aliphatic carbocycles. The zero-order valence-corrected chi connectivity index (χ0v) is 9.50. The first-order valence-electron chi connectivity index (χ1n) is 6.48. The summed E-state index contributed by atoms with van der Waals surface area (Å²) in [5, 5.41) is 0. The summed E-state index contributed by atoms with van der Waals surface area (Å²) in [6.07, 6.45) is 10.4. The molecule has 2 saturated carbocycles. The van der Waals surface area contributed by atoms with E-state index in [0.29, 0.717) is 0 Å². The highest BCUT2D eigenvalue weighted by molar-refractivity contribution is 4.82. The van der Waals surface area contributed by atoms with Crippen molar-refractivity contribution in [3.05, 3.63) is 0 Å². The minimum atomic E-state index is 0.884. The third-order valence-electron chi connectivity index (χ3n) is 4.21. The van der Waals surface area contributed by atoms with Crippen molar-refractivity contribution in [1.29, 1.82) is 0 Å². The number of hydrogen-bond donors (Lipinski definition) is 0. The van der Waals surface area contributed by atoms with Gasteiger partial charge in [-0.15, -0.1) is 0 Å². The van der Waals surface area contributed by atoms with Gasteiger partial charge in [-0.3, -0.25) is 0 Å². The molecule has 1 heteroatoms. The van der Waals surface area contributed by atoms with Crippen LogP contribution in [0.1, 0.15) is 51.9 Å². The van der Waals surface area contributed by atoms with Crippen LogP contribution in [0.4, 0.5) is 0 Å². The van der Waals surface area contributed by atoms with E-state index in [1.54, 1.807) is 0 Å². The molecule has 0 radical (unpaired) electrons. The van der Waals surface area contributed by atoms with Crippen molar-refractivity contribution in [3.63, 3.8) is 0 Å². The van der Waals surface area contributed by atoms with E-state index in [9.17, 15) is 0 Å². The Balaban J connectivity index is 1.77. The second kappa shape index (κ2) is 5.16. The number of ether oxygens (including phenoxy) is 1. The van der Waals surface area contributed by atoms with Crippen LogP contribution in [0.3, 0.4) is 0 Å². The predicted octanol–water partition coefficient (Wildman–Crippen LogP) is 3.63. The molecule has 82 valence electrons. The number of fused-ring (bicyclic) bond motifs is 1. The Hall–Kier alpha value is -0.0400. The van der Waals surface area contributed by atoms with E-state index in [-0.39, 0.29) is 0 Å². The molecule has 3 unspecified atom stereocenters. The van der Waals surface area contributed by atoms with Crippen molar-refractivity contribution in [2.24, 2.45) is 17.8 Å². The molecule has 3 atom stereocenters. The molecular weight excluding hydrogens is 172 g/mol. The van der Waals surface area contributed by atoms with Gasteiger partial charge >= 0.3 is 0 Å². The maximum atomic E-state index is 5.55. The second-order valence-electron chi connectivity index (χ2n) is 5.14. The van der Waals surface area contributed by atoms with Crippen LogP contribution in [0.5, 0.6) is 0 Å². The van der Waals surface area contributed by atoms with Crippen molar-refractivity contribution in [3.8, 4) is 0 Å². The van der Waals surface area contributed by atoms with Crippen LogP contribution >= 0.6 is 0 Å². The van der Waals surface area contributed by atoms with Gasteiger partial charge < -0.3 is 4.74 Å². The van der Waals surface area contributed by atoms with Gasteiger partial charge in [0.1, 0.15) is 0 Å². The van der Waals surface area contributed by atoms with Crippen LogP contribution in [0, 0.1) is 17.8 Å². The van der Waals surface area contributed by atoms with Crippen molar-refractivity contribution in [2.45, 2.75) is 51.9 Å². The highest BCUT2D eigenvalue weighted by Crippen LogP contribution is 2.42. The fourth-order valence-electron chi connectivity index (χ4n) is 3.41. The van der Waals surface area contributed by atoms with Crippen LogP contribution in [-0.2, 0) is 4.74 Å². The van der Waals surface area contributed by atoms with Crippen molar-refractivity contribution in [1.82, 2.24) is 0 Å². The van der Waals surface area contributed by atoms with Gasteiger partial charge in [-0.2, -0.15) is 0 Å². The zero-order valence-electron chi connectivity index (χ0n) is 9.50. The van der Waals surface area contributed by atoms with Crippen LogP contribution < -0.4 is 0 Å². The molecule has 14 heavy (non-hydrogen) atoms. The molecule has 0 saturated heterocycles. The number of hydrogen-bond acceptors (Lipinski definition) is 1. The van der Waals surface area contributed by atoms with Crippen molar-refractivity contribution >= 4 is 0 Å². The Bertz CT molecular complexity index is 167. The average molecular weight is 196 g/mol. The Labute approximate surface area is 88.2 Å². The summed E-state index contributed by atoms with van der Waals surface area (Å²) in [5.41, 5.74) is 0.